The van der Waals surface area contributed by atoms with Crippen LogP contribution in [0.15, 0.2) is 0 Å². The van der Waals surface area contributed by atoms with E-state index in [1.807, 2.05) is 0 Å². The molecule has 0 aromatic rings. The van der Waals surface area contributed by atoms with E-state index in [1.165, 1.54) is 0 Å². The van der Waals surface area contributed by atoms with Crippen LogP contribution in [0.1, 0.15) is 0 Å². The van der Waals surface area contributed by atoms with E-state index >= 15 is 0 Å². The lowest BCUT2D eigenvalue weighted by Crippen LogP contribution is -2.38. The second-order valence-electron chi connectivity index (χ2n) is 1.23. The van der Waals surface area contributed by atoms with Crippen molar-refractivity contribution in [1.29, 1.82) is 0 Å². The summed E-state index contributed by atoms with van der Waals surface area (Å²) in [7, 11) is 0. The topological polar surface area (TPSA) is 46.2 Å². The van der Waals surface area contributed by atoms with Gasteiger partial charge in [-0.25, -0.2) is 4.79 Å². The quantitative estimate of drug-likeness (QED) is 0.322. The summed E-state index contributed by atoms with van der Waals surface area (Å²) >= 11 is 0. The zero-order valence-corrected chi connectivity index (χ0v) is 4.33. The van der Waals surface area contributed by atoms with Crippen LogP contribution in [0.25, 0.3) is 0 Å². The lowest BCUT2D eigenvalue weighted by atomic mass is 10.6. The average Bonchev–Trinajstić information content (AvgIpc) is 1.60. The van der Waals surface area contributed by atoms with Crippen molar-refractivity contribution in [3.63, 3.8) is 0 Å². The second-order valence-corrected chi connectivity index (χ2v) is 1.23. The summed E-state index contributed by atoms with van der Waals surface area (Å²) in [6, 6.07) is 0. The highest BCUT2D eigenvalue weighted by atomic mass is 19.4. The number of imide groups is 1. The zero-order chi connectivity index (χ0) is 8.36. The molecule has 0 radical (unpaired) electrons. The third-order valence-corrected chi connectivity index (χ3v) is 0.469. The van der Waals surface area contributed by atoms with E-state index in [9.17, 15) is 27.2 Å². The summed E-state index contributed by atoms with van der Waals surface area (Å²) < 4.78 is 44.2. The van der Waals surface area contributed by atoms with Crippen molar-refractivity contribution in [3.8, 4) is 0 Å². The normalized spacial score (nSPS) is 10.8. The summed E-state index contributed by atoms with van der Waals surface area (Å²) in [6.07, 6.45) is -7.75. The number of rotatable bonds is 0. The highest BCUT2D eigenvalue weighted by molar-refractivity contribution is 5.94. The molecule has 1 N–H and O–H groups in total. The molecule has 7 heteroatoms. The van der Waals surface area contributed by atoms with Crippen LogP contribution in [-0.2, 0) is 4.79 Å². The van der Waals surface area contributed by atoms with Crippen molar-refractivity contribution in [2.45, 2.75) is 6.18 Å². The van der Waals surface area contributed by atoms with Crippen molar-refractivity contribution in [2.75, 3.05) is 0 Å². The predicted molar refractivity (Wildman–Crippen MR) is 20.7 cm³/mol. The molecule has 0 saturated carbocycles. The van der Waals surface area contributed by atoms with Gasteiger partial charge in [0.05, 0.1) is 0 Å². The maximum Gasteiger partial charge on any atom is 0.471 e. The van der Waals surface area contributed by atoms with Crippen molar-refractivity contribution in [1.82, 2.24) is 5.32 Å². The molecule has 0 heterocycles. The van der Waals surface area contributed by atoms with Crippen LogP contribution in [0.5, 0.6) is 0 Å². The first-order chi connectivity index (χ1) is 4.34. The summed E-state index contributed by atoms with van der Waals surface area (Å²) in [5.74, 6) is -2.61. The van der Waals surface area contributed by atoms with Gasteiger partial charge < -0.3 is 0 Å². The van der Waals surface area contributed by atoms with Gasteiger partial charge in [-0.1, -0.05) is 0 Å². The third kappa shape index (κ3) is 3.00. The largest absolute Gasteiger partial charge is 0.471 e. The molecule has 2 amide bonds. The molecule has 0 spiro atoms. The molecule has 0 saturated heterocycles. The van der Waals surface area contributed by atoms with Crippen molar-refractivity contribution >= 4 is 12.1 Å². The minimum Gasteiger partial charge on any atom is -0.264 e. The number of carbonyl (C=O) groups is 2. The Kier molecular flexibility index (Phi) is 2.33. The summed E-state index contributed by atoms with van der Waals surface area (Å²) in [5.41, 5.74) is 0. The van der Waals surface area contributed by atoms with E-state index in [2.05, 4.69) is 0 Å². The van der Waals surface area contributed by atoms with Gasteiger partial charge in [-0.15, -0.1) is 4.39 Å². The number of hydrogen-bond acceptors (Lipinski definition) is 2. The van der Waals surface area contributed by atoms with Crippen LogP contribution in [0.2, 0.25) is 0 Å². The number of amides is 2. The zero-order valence-electron chi connectivity index (χ0n) is 4.33. The van der Waals surface area contributed by atoms with Crippen LogP contribution in [0, 0.1) is 0 Å². The SMILES string of the molecule is O=C(F)NC(=O)C(F)(F)F. The van der Waals surface area contributed by atoms with Gasteiger partial charge in [0.15, 0.2) is 0 Å². The Labute approximate surface area is 52.0 Å². The van der Waals surface area contributed by atoms with Crippen LogP contribution in [0.3, 0.4) is 0 Å². The van der Waals surface area contributed by atoms with Gasteiger partial charge in [0, 0.05) is 0 Å². The van der Waals surface area contributed by atoms with E-state index in [4.69, 9.17) is 0 Å². The molecule has 0 bridgehead atoms. The fourth-order valence-corrected chi connectivity index (χ4v) is 0.160. The molecule has 0 aromatic carbocycles. The van der Waals surface area contributed by atoms with Crippen LogP contribution in [-0.4, -0.2) is 18.2 Å². The molecule has 0 fully saturated rings. The van der Waals surface area contributed by atoms with Gasteiger partial charge in [-0.3, -0.25) is 10.1 Å². The predicted octanol–water partition coefficient (Wildman–Crippen LogP) is 0.754. The van der Waals surface area contributed by atoms with E-state index in [-0.39, 0.29) is 0 Å². The van der Waals surface area contributed by atoms with Crippen molar-refractivity contribution < 1.29 is 27.2 Å². The van der Waals surface area contributed by atoms with Gasteiger partial charge in [0.2, 0.25) is 0 Å². The fourth-order valence-electron chi connectivity index (χ4n) is 0.160. The van der Waals surface area contributed by atoms with Gasteiger partial charge in [-0.05, 0) is 0 Å². The first-order valence-corrected chi connectivity index (χ1v) is 1.91. The minimum atomic E-state index is -5.22. The highest BCUT2D eigenvalue weighted by Crippen LogP contribution is 2.13. The van der Waals surface area contributed by atoms with Crippen molar-refractivity contribution in [3.05, 3.63) is 0 Å². The van der Waals surface area contributed by atoms with Crippen LogP contribution in [0.4, 0.5) is 22.4 Å². The Hall–Kier alpha value is -1.14. The standard InChI is InChI=1S/C3HF4NO2/c4-2(10)8-1(9)3(5,6)7/h(H,8,9,10). The maximum absolute atomic E-state index is 11.1. The molecule has 0 aliphatic rings. The third-order valence-electron chi connectivity index (χ3n) is 0.469. The molecule has 58 valence electrons. The van der Waals surface area contributed by atoms with Gasteiger partial charge in [-0.2, -0.15) is 13.2 Å². The molecule has 0 rings (SSSR count). The Morgan fingerprint density at radius 1 is 1.20 bits per heavy atom. The second kappa shape index (κ2) is 2.63. The number of halogens is 4. The number of nitrogens with one attached hydrogen (secondary N) is 1. The lowest BCUT2D eigenvalue weighted by molar-refractivity contribution is -0.172. The average molecular weight is 159 g/mol. The highest BCUT2D eigenvalue weighted by Gasteiger charge is 2.39. The van der Waals surface area contributed by atoms with Crippen LogP contribution < -0.4 is 5.32 Å². The van der Waals surface area contributed by atoms with Gasteiger partial charge >= 0.3 is 18.2 Å². The smallest absolute Gasteiger partial charge is 0.264 e. The van der Waals surface area contributed by atoms with E-state index in [0.717, 1.165) is 0 Å². The minimum absolute atomic E-state index is 0.413. The first kappa shape index (κ1) is 8.86. The maximum atomic E-state index is 11.1. The molecule has 0 atom stereocenters. The fraction of sp³-hybridized carbons (Fsp3) is 0.333. The van der Waals surface area contributed by atoms with E-state index < -0.39 is 18.2 Å². The summed E-state index contributed by atoms with van der Waals surface area (Å²) in [6.45, 7) is 0. The Morgan fingerprint density at radius 3 is 1.70 bits per heavy atom. The van der Waals surface area contributed by atoms with Gasteiger partial charge in [0.25, 0.3) is 0 Å². The first-order valence-electron chi connectivity index (χ1n) is 1.91. The molecule has 3 nitrogen and oxygen atoms in total. The summed E-state index contributed by atoms with van der Waals surface area (Å²) in [4.78, 5) is 18.8. The molecule has 0 unspecified atom stereocenters. The van der Waals surface area contributed by atoms with Crippen LogP contribution >= 0.6 is 0 Å². The molecular weight excluding hydrogens is 158 g/mol. The number of hydrogen-bond donors (Lipinski definition) is 1. The lowest BCUT2D eigenvalue weighted by Gasteiger charge is -2.01. The molecule has 10 heavy (non-hydrogen) atoms. The number of carbonyl (C=O) groups excluding carboxylic acids is 2. The molecule has 0 aliphatic heterocycles. The molecule has 0 aromatic heterocycles. The number of alkyl halides is 3. The van der Waals surface area contributed by atoms with E-state index in [0.29, 0.717) is 5.32 Å². The van der Waals surface area contributed by atoms with Gasteiger partial charge in [0.1, 0.15) is 0 Å². The monoisotopic (exact) mass is 159 g/mol. The van der Waals surface area contributed by atoms with Crippen molar-refractivity contribution in [2.24, 2.45) is 0 Å². The van der Waals surface area contributed by atoms with E-state index in [1.54, 1.807) is 0 Å². The molecule has 0 aliphatic carbocycles. The molecular formula is C3HF4NO2. The summed E-state index contributed by atoms with van der Waals surface area (Å²) in [5, 5.41) is 0.413. The Balaban J connectivity index is 3.99. The Morgan fingerprint density at radius 2 is 1.60 bits per heavy atom. The Bertz CT molecular complexity index is 162.